The number of amides is 1. The maximum absolute atomic E-state index is 12.2. The maximum Gasteiger partial charge on any atom is 0.241 e. The second kappa shape index (κ2) is 4.19. The third kappa shape index (κ3) is 1.72. The van der Waals surface area contributed by atoms with Crippen LogP contribution >= 0.6 is 22.9 Å². The number of carbonyl (C=O) groups excluding carboxylic acids is 2. The third-order valence-corrected chi connectivity index (χ3v) is 3.80. The summed E-state index contributed by atoms with van der Waals surface area (Å²) in [5.74, 6) is -1.44. The number of nitrogens with zero attached hydrogens (tertiary/aromatic N) is 1. The van der Waals surface area contributed by atoms with Crippen molar-refractivity contribution in [3.8, 4) is 0 Å². The van der Waals surface area contributed by atoms with Gasteiger partial charge in [-0.1, -0.05) is 17.7 Å². The molecule has 3 rings (SSSR count). The van der Waals surface area contributed by atoms with Crippen LogP contribution in [-0.4, -0.2) is 16.7 Å². The van der Waals surface area contributed by atoms with Crippen LogP contribution in [0, 0.1) is 0 Å². The van der Waals surface area contributed by atoms with Gasteiger partial charge in [0.2, 0.25) is 5.91 Å². The molecule has 0 bridgehead atoms. The molecule has 18 heavy (non-hydrogen) atoms. The van der Waals surface area contributed by atoms with Gasteiger partial charge in [-0.3, -0.25) is 14.6 Å². The lowest BCUT2D eigenvalue weighted by atomic mass is 10.00. The van der Waals surface area contributed by atoms with Crippen LogP contribution in [0.4, 0.5) is 5.69 Å². The smallest absolute Gasteiger partial charge is 0.241 e. The second-order valence-corrected chi connectivity index (χ2v) is 5.23. The summed E-state index contributed by atoms with van der Waals surface area (Å²) in [5, 5.41) is 4.86. The molecule has 1 amide bonds. The molecule has 1 aliphatic rings. The van der Waals surface area contributed by atoms with Crippen LogP contribution in [0.25, 0.3) is 0 Å². The van der Waals surface area contributed by atoms with Gasteiger partial charge < -0.3 is 5.32 Å². The van der Waals surface area contributed by atoms with Gasteiger partial charge in [0.15, 0.2) is 5.78 Å². The summed E-state index contributed by atoms with van der Waals surface area (Å²) in [5.41, 5.74) is 0.963. The summed E-state index contributed by atoms with van der Waals surface area (Å²) in [7, 11) is 0. The Labute approximate surface area is 112 Å². The number of Topliss-reactive ketones (excluding diaryl/α,β-unsaturated/α-hetero) is 1. The van der Waals surface area contributed by atoms with Gasteiger partial charge in [-0.2, -0.15) is 0 Å². The van der Waals surface area contributed by atoms with Gasteiger partial charge in [0.05, 0.1) is 21.3 Å². The van der Waals surface area contributed by atoms with Crippen LogP contribution in [-0.2, 0) is 4.79 Å². The van der Waals surface area contributed by atoms with Crippen molar-refractivity contribution in [3.63, 3.8) is 0 Å². The van der Waals surface area contributed by atoms with Crippen LogP contribution in [0.15, 0.2) is 29.8 Å². The number of anilines is 1. The molecule has 0 radical (unpaired) electrons. The van der Waals surface area contributed by atoms with Gasteiger partial charge >= 0.3 is 0 Å². The Kier molecular flexibility index (Phi) is 2.65. The number of hydrogen-bond acceptors (Lipinski definition) is 4. The summed E-state index contributed by atoms with van der Waals surface area (Å²) >= 11 is 7.12. The van der Waals surface area contributed by atoms with Crippen molar-refractivity contribution in [1.29, 1.82) is 0 Å². The highest BCUT2D eigenvalue weighted by Gasteiger charge is 2.38. The molecule has 0 fully saturated rings. The van der Waals surface area contributed by atoms with Gasteiger partial charge in [0.1, 0.15) is 5.92 Å². The molecule has 4 nitrogen and oxygen atoms in total. The van der Waals surface area contributed by atoms with Crippen LogP contribution in [0.5, 0.6) is 0 Å². The van der Waals surface area contributed by atoms with Gasteiger partial charge in [0, 0.05) is 6.20 Å². The highest BCUT2D eigenvalue weighted by molar-refractivity contribution is 7.12. The molecule has 3 heterocycles. The quantitative estimate of drug-likeness (QED) is 0.679. The molecule has 0 aromatic carbocycles. The number of nitrogens with one attached hydrogen (secondary N) is 1. The maximum atomic E-state index is 12.2. The first-order chi connectivity index (χ1) is 8.66. The Morgan fingerprint density at radius 2 is 2.33 bits per heavy atom. The van der Waals surface area contributed by atoms with Gasteiger partial charge in [-0.25, -0.2) is 0 Å². The highest BCUT2D eigenvalue weighted by Crippen LogP contribution is 2.35. The van der Waals surface area contributed by atoms with Crippen molar-refractivity contribution in [2.75, 3.05) is 5.32 Å². The Morgan fingerprint density at radius 1 is 1.50 bits per heavy atom. The van der Waals surface area contributed by atoms with E-state index < -0.39 is 5.92 Å². The van der Waals surface area contributed by atoms with Crippen molar-refractivity contribution in [3.05, 3.63) is 45.4 Å². The van der Waals surface area contributed by atoms with Gasteiger partial charge in [-0.15, -0.1) is 11.3 Å². The summed E-state index contributed by atoms with van der Waals surface area (Å²) in [6.07, 6.45) is 1.44. The first-order valence-corrected chi connectivity index (χ1v) is 6.46. The molecule has 0 saturated carbocycles. The van der Waals surface area contributed by atoms with E-state index in [2.05, 4.69) is 10.3 Å². The summed E-state index contributed by atoms with van der Waals surface area (Å²) < 4.78 is 0. The fourth-order valence-electron chi connectivity index (χ4n) is 1.91. The first kappa shape index (κ1) is 11.4. The molecule has 2 aromatic rings. The number of carbonyl (C=O) groups is 2. The molecule has 0 saturated heterocycles. The standard InChI is InChI=1S/C12H7ClN2O2S/c13-6-4-7-10(14-5-6)9(12(17)15-7)11(16)8-2-1-3-18-8/h1-5,9H,(H,15,17). The summed E-state index contributed by atoms with van der Waals surface area (Å²) in [6.45, 7) is 0. The van der Waals surface area contributed by atoms with E-state index in [9.17, 15) is 9.59 Å². The first-order valence-electron chi connectivity index (χ1n) is 5.21. The topological polar surface area (TPSA) is 59.1 Å². The van der Waals surface area contributed by atoms with E-state index in [-0.39, 0.29) is 11.7 Å². The Morgan fingerprint density at radius 3 is 3.06 bits per heavy atom. The van der Waals surface area contributed by atoms with Crippen LogP contribution < -0.4 is 5.32 Å². The fraction of sp³-hybridized carbons (Fsp3) is 0.0833. The number of thiophene rings is 1. The molecule has 1 aliphatic heterocycles. The minimum atomic E-state index is -0.865. The third-order valence-electron chi connectivity index (χ3n) is 2.70. The molecule has 0 spiro atoms. The fourth-order valence-corrected chi connectivity index (χ4v) is 2.77. The van der Waals surface area contributed by atoms with E-state index in [0.717, 1.165) is 0 Å². The number of hydrogen-bond donors (Lipinski definition) is 1. The van der Waals surface area contributed by atoms with Crippen LogP contribution in [0.2, 0.25) is 5.02 Å². The minimum absolute atomic E-state index is 0.226. The number of rotatable bonds is 2. The van der Waals surface area contributed by atoms with E-state index in [1.807, 2.05) is 0 Å². The zero-order valence-corrected chi connectivity index (χ0v) is 10.6. The number of fused-ring (bicyclic) bond motifs is 1. The van der Waals surface area contributed by atoms with E-state index in [1.54, 1.807) is 23.6 Å². The molecule has 6 heteroatoms. The van der Waals surface area contributed by atoms with E-state index >= 15 is 0 Å². The zero-order valence-electron chi connectivity index (χ0n) is 9.01. The second-order valence-electron chi connectivity index (χ2n) is 3.85. The lowest BCUT2D eigenvalue weighted by Gasteiger charge is -2.04. The Bertz CT molecular complexity index is 640. The van der Waals surface area contributed by atoms with Crippen molar-refractivity contribution < 1.29 is 9.59 Å². The summed E-state index contributed by atoms with van der Waals surface area (Å²) in [4.78, 5) is 28.8. The number of aromatic nitrogens is 1. The minimum Gasteiger partial charge on any atom is -0.323 e. The van der Waals surface area contributed by atoms with Gasteiger partial charge in [-0.05, 0) is 17.5 Å². The van der Waals surface area contributed by atoms with Crippen molar-refractivity contribution in [1.82, 2.24) is 4.98 Å². The monoisotopic (exact) mass is 278 g/mol. The average Bonchev–Trinajstić information content (AvgIpc) is 2.94. The molecule has 2 aromatic heterocycles. The molecule has 1 N–H and O–H groups in total. The molecular weight excluding hydrogens is 272 g/mol. The number of pyridine rings is 1. The molecule has 1 unspecified atom stereocenters. The van der Waals surface area contributed by atoms with Crippen LogP contribution in [0.1, 0.15) is 21.3 Å². The Hall–Kier alpha value is -1.72. The molecule has 1 atom stereocenters. The number of ketones is 1. The predicted molar refractivity (Wildman–Crippen MR) is 69.3 cm³/mol. The van der Waals surface area contributed by atoms with Crippen LogP contribution in [0.3, 0.4) is 0 Å². The van der Waals surface area contributed by atoms with Crippen molar-refractivity contribution in [2.45, 2.75) is 5.92 Å². The van der Waals surface area contributed by atoms with E-state index in [1.165, 1.54) is 17.5 Å². The zero-order chi connectivity index (χ0) is 12.7. The highest BCUT2D eigenvalue weighted by atomic mass is 35.5. The predicted octanol–water partition coefficient (Wildman–Crippen LogP) is 2.72. The normalized spacial score (nSPS) is 17.4. The lowest BCUT2D eigenvalue weighted by Crippen LogP contribution is -2.20. The van der Waals surface area contributed by atoms with E-state index in [0.29, 0.717) is 21.3 Å². The molecule has 0 aliphatic carbocycles. The van der Waals surface area contributed by atoms with Crippen molar-refractivity contribution in [2.24, 2.45) is 0 Å². The Balaban J connectivity index is 2.04. The molecular formula is C12H7ClN2O2S. The molecule has 90 valence electrons. The van der Waals surface area contributed by atoms with Gasteiger partial charge in [0.25, 0.3) is 0 Å². The van der Waals surface area contributed by atoms with Crippen molar-refractivity contribution >= 4 is 40.3 Å². The van der Waals surface area contributed by atoms with E-state index in [4.69, 9.17) is 11.6 Å². The number of halogens is 1. The largest absolute Gasteiger partial charge is 0.323 e. The SMILES string of the molecule is O=C1Nc2cc(Cl)cnc2C1C(=O)c1cccs1. The lowest BCUT2D eigenvalue weighted by molar-refractivity contribution is -0.116. The average molecular weight is 279 g/mol. The summed E-state index contributed by atoms with van der Waals surface area (Å²) in [6, 6.07) is 5.08.